The highest BCUT2D eigenvalue weighted by Crippen LogP contribution is 2.40. The molecule has 1 N–H and O–H groups in total. The first-order valence-electron chi connectivity index (χ1n) is 8.44. The van der Waals surface area contributed by atoms with Crippen molar-refractivity contribution in [3.8, 4) is 11.3 Å². The van der Waals surface area contributed by atoms with Crippen LogP contribution in [0.2, 0.25) is 5.28 Å². The molecule has 28 heavy (non-hydrogen) atoms. The van der Waals surface area contributed by atoms with E-state index in [1.807, 2.05) is 55.4 Å². The van der Waals surface area contributed by atoms with E-state index in [0.717, 1.165) is 17.1 Å². The van der Waals surface area contributed by atoms with E-state index in [-0.39, 0.29) is 5.28 Å². The minimum Gasteiger partial charge on any atom is -0.363 e. The van der Waals surface area contributed by atoms with Crippen molar-refractivity contribution >= 4 is 57.3 Å². The second kappa shape index (κ2) is 8.19. The highest BCUT2D eigenvalue weighted by atomic mass is 79.9. The Labute approximate surface area is 177 Å². The van der Waals surface area contributed by atoms with Crippen molar-refractivity contribution in [3.05, 3.63) is 52.4 Å². The zero-order valence-electron chi connectivity index (χ0n) is 15.9. The molecular formula is C19H20BrClN5OP. The summed E-state index contributed by atoms with van der Waals surface area (Å²) >= 11 is 9.31. The number of halogens is 2. The summed E-state index contributed by atoms with van der Waals surface area (Å²) in [6.45, 7) is 3.48. The monoisotopic (exact) mass is 479 g/mol. The first-order valence-corrected chi connectivity index (χ1v) is 12.2. The molecule has 0 saturated heterocycles. The van der Waals surface area contributed by atoms with Gasteiger partial charge in [0, 0.05) is 31.2 Å². The average molecular weight is 481 g/mol. The normalized spacial score (nSPS) is 11.4. The number of benzene rings is 1. The van der Waals surface area contributed by atoms with Gasteiger partial charge in [0.25, 0.3) is 0 Å². The molecule has 0 aliphatic carbocycles. The fraction of sp³-hybridized carbons (Fsp3) is 0.211. The number of aromatic nitrogens is 3. The van der Waals surface area contributed by atoms with E-state index in [4.69, 9.17) is 11.6 Å². The Bertz CT molecular complexity index is 1070. The van der Waals surface area contributed by atoms with Crippen molar-refractivity contribution in [2.24, 2.45) is 0 Å². The van der Waals surface area contributed by atoms with Crippen LogP contribution in [0.5, 0.6) is 0 Å². The van der Waals surface area contributed by atoms with Crippen LogP contribution in [0, 0.1) is 0 Å². The van der Waals surface area contributed by atoms with Gasteiger partial charge < -0.3 is 14.8 Å². The molecule has 3 rings (SSSR count). The molecular weight excluding hydrogens is 461 g/mol. The van der Waals surface area contributed by atoms with Crippen molar-refractivity contribution in [2.75, 3.05) is 37.6 Å². The first kappa shape index (κ1) is 20.8. The average Bonchev–Trinajstić information content (AvgIpc) is 2.64. The Morgan fingerprint density at radius 3 is 2.57 bits per heavy atom. The van der Waals surface area contributed by atoms with Crippen molar-refractivity contribution in [3.63, 3.8) is 0 Å². The molecule has 0 fully saturated rings. The van der Waals surface area contributed by atoms with Crippen LogP contribution in [0.15, 0.2) is 47.1 Å². The maximum atomic E-state index is 13.0. The molecule has 0 bridgehead atoms. The van der Waals surface area contributed by atoms with Crippen LogP contribution < -0.4 is 15.5 Å². The van der Waals surface area contributed by atoms with E-state index in [9.17, 15) is 4.57 Å². The topological polar surface area (TPSA) is 71.0 Å². The van der Waals surface area contributed by atoms with E-state index in [2.05, 4.69) is 36.2 Å². The van der Waals surface area contributed by atoms with Crippen molar-refractivity contribution in [2.45, 2.75) is 0 Å². The van der Waals surface area contributed by atoms with E-state index in [0.29, 0.717) is 21.3 Å². The van der Waals surface area contributed by atoms with Crippen LogP contribution in [-0.4, -0.2) is 42.4 Å². The largest absolute Gasteiger partial charge is 0.363 e. The molecule has 9 heteroatoms. The highest BCUT2D eigenvalue weighted by Gasteiger charge is 2.19. The fourth-order valence-corrected chi connectivity index (χ4v) is 4.22. The van der Waals surface area contributed by atoms with Gasteiger partial charge in [-0.1, -0.05) is 12.1 Å². The minimum atomic E-state index is -2.59. The zero-order chi connectivity index (χ0) is 20.5. The van der Waals surface area contributed by atoms with Crippen molar-refractivity contribution in [1.82, 2.24) is 15.0 Å². The van der Waals surface area contributed by atoms with E-state index in [1.165, 1.54) is 0 Å². The third kappa shape index (κ3) is 4.72. The van der Waals surface area contributed by atoms with Gasteiger partial charge in [-0.15, -0.1) is 0 Å². The van der Waals surface area contributed by atoms with Crippen LogP contribution >= 0.6 is 34.7 Å². The van der Waals surface area contributed by atoms with Crippen LogP contribution in [0.4, 0.5) is 17.3 Å². The summed E-state index contributed by atoms with van der Waals surface area (Å²) in [6, 6.07) is 11.6. The van der Waals surface area contributed by atoms with Gasteiger partial charge in [0.15, 0.2) is 0 Å². The third-order valence-electron chi connectivity index (χ3n) is 4.03. The lowest BCUT2D eigenvalue weighted by molar-refractivity contribution is 0.588. The standard InChI is InChI=1S/C19H20BrClN5OP/c1-26(2)17-7-5-6-14(23-17)12-8-9-15(16(10-12)28(3,4)27)24-18-13(20)11-22-19(21)25-18/h5-11H,1-4H3,(H,22,24,25). The van der Waals surface area contributed by atoms with Crippen LogP contribution in [0.25, 0.3) is 11.3 Å². The number of hydrogen-bond acceptors (Lipinski definition) is 6. The highest BCUT2D eigenvalue weighted by molar-refractivity contribution is 9.10. The van der Waals surface area contributed by atoms with E-state index < -0.39 is 7.14 Å². The van der Waals surface area contributed by atoms with Gasteiger partial charge in [-0.05, 0) is 65.1 Å². The number of nitrogens with one attached hydrogen (secondary N) is 1. The summed E-state index contributed by atoms with van der Waals surface area (Å²) in [5, 5.41) is 4.05. The molecule has 0 amide bonds. The molecule has 146 valence electrons. The van der Waals surface area contributed by atoms with Crippen LogP contribution in [0.3, 0.4) is 0 Å². The molecule has 0 spiro atoms. The molecule has 0 aliphatic rings. The summed E-state index contributed by atoms with van der Waals surface area (Å²) in [4.78, 5) is 14.7. The van der Waals surface area contributed by atoms with Gasteiger partial charge in [0.2, 0.25) is 5.28 Å². The summed E-state index contributed by atoms with van der Waals surface area (Å²) in [5.41, 5.74) is 2.42. The van der Waals surface area contributed by atoms with Gasteiger partial charge >= 0.3 is 0 Å². The SMILES string of the molecule is CN(C)c1cccc(-c2ccc(Nc3nc(Cl)ncc3Br)c(P(C)(C)=O)c2)n1. The molecule has 0 saturated carbocycles. The van der Waals surface area contributed by atoms with Crippen molar-refractivity contribution in [1.29, 1.82) is 0 Å². The van der Waals surface area contributed by atoms with Gasteiger partial charge in [-0.3, -0.25) is 0 Å². The maximum Gasteiger partial charge on any atom is 0.224 e. The van der Waals surface area contributed by atoms with Crippen LogP contribution in [0.1, 0.15) is 0 Å². The Hall–Kier alpha value is -1.95. The smallest absolute Gasteiger partial charge is 0.224 e. The Kier molecular flexibility index (Phi) is 6.08. The molecule has 0 radical (unpaired) electrons. The van der Waals surface area contributed by atoms with Crippen molar-refractivity contribution < 1.29 is 4.57 Å². The van der Waals surface area contributed by atoms with Crippen LogP contribution in [-0.2, 0) is 4.57 Å². The number of hydrogen-bond donors (Lipinski definition) is 1. The Balaban J connectivity index is 2.07. The van der Waals surface area contributed by atoms with Gasteiger partial charge in [-0.2, -0.15) is 4.98 Å². The number of nitrogens with zero attached hydrogens (tertiary/aromatic N) is 4. The maximum absolute atomic E-state index is 13.0. The molecule has 0 aliphatic heterocycles. The summed E-state index contributed by atoms with van der Waals surface area (Å²) in [7, 11) is 1.30. The van der Waals surface area contributed by atoms with E-state index >= 15 is 0 Å². The fourth-order valence-electron chi connectivity index (χ4n) is 2.64. The number of anilines is 3. The molecule has 0 atom stereocenters. The van der Waals surface area contributed by atoms with Gasteiger partial charge in [-0.25, -0.2) is 9.97 Å². The van der Waals surface area contributed by atoms with E-state index in [1.54, 1.807) is 19.5 Å². The lowest BCUT2D eigenvalue weighted by Gasteiger charge is -2.18. The Morgan fingerprint density at radius 2 is 1.89 bits per heavy atom. The number of pyridine rings is 1. The molecule has 6 nitrogen and oxygen atoms in total. The lowest BCUT2D eigenvalue weighted by Crippen LogP contribution is -2.12. The third-order valence-corrected chi connectivity index (χ3v) is 6.33. The minimum absolute atomic E-state index is 0.129. The molecule has 1 aromatic carbocycles. The Morgan fingerprint density at radius 1 is 1.14 bits per heavy atom. The summed E-state index contributed by atoms with van der Waals surface area (Å²) in [6.07, 6.45) is 1.57. The van der Waals surface area contributed by atoms with Gasteiger partial charge in [0.05, 0.1) is 15.9 Å². The second-order valence-corrected chi connectivity index (χ2v) is 11.2. The first-order chi connectivity index (χ1) is 13.1. The number of rotatable bonds is 5. The second-order valence-electron chi connectivity index (χ2n) is 6.82. The quantitative estimate of drug-likeness (QED) is 0.409. The predicted octanol–water partition coefficient (Wildman–Crippen LogP) is 5.01. The summed E-state index contributed by atoms with van der Waals surface area (Å²) in [5.74, 6) is 1.37. The van der Waals surface area contributed by atoms with Gasteiger partial charge in [0.1, 0.15) is 18.8 Å². The molecule has 0 unspecified atom stereocenters. The predicted molar refractivity (Wildman–Crippen MR) is 121 cm³/mol. The molecule has 3 aromatic rings. The molecule has 2 heterocycles. The molecule has 2 aromatic heterocycles. The summed E-state index contributed by atoms with van der Waals surface area (Å²) < 4.78 is 13.7. The zero-order valence-corrected chi connectivity index (χ0v) is 19.2. The lowest BCUT2D eigenvalue weighted by atomic mass is 10.1.